The van der Waals surface area contributed by atoms with Gasteiger partial charge in [0.05, 0.1) is 15.0 Å². The number of fused-ring (bicyclic) bond motifs is 1. The standard InChI is InChI=1S/C22H18Cl2N2O5S/c23-15-3-1-2-14(20(15)24)11-18-21(28)26(22(29)32-18)9-8-25-19(27)7-5-13-4-6-16-17(10-13)31-12-30-16/h1-4,6,10-11H,5,7-9,12H2,(H,25,27). The zero-order valence-electron chi connectivity index (χ0n) is 16.7. The molecular formula is C22H18Cl2N2O5S. The third kappa shape index (κ3) is 5.03. The molecule has 2 heterocycles. The van der Waals surface area contributed by atoms with Gasteiger partial charge >= 0.3 is 0 Å². The fraction of sp³-hybridized carbons (Fsp3) is 0.227. The van der Waals surface area contributed by atoms with E-state index in [1.807, 2.05) is 18.2 Å². The van der Waals surface area contributed by atoms with Crippen molar-refractivity contribution in [3.8, 4) is 11.5 Å². The third-order valence-corrected chi connectivity index (χ3v) is 6.62. The number of nitrogens with zero attached hydrogens (tertiary/aromatic N) is 1. The van der Waals surface area contributed by atoms with Crippen LogP contribution in [0.1, 0.15) is 17.5 Å². The van der Waals surface area contributed by atoms with Crippen molar-refractivity contribution in [1.29, 1.82) is 0 Å². The zero-order chi connectivity index (χ0) is 22.7. The highest BCUT2D eigenvalue weighted by molar-refractivity contribution is 8.18. The lowest BCUT2D eigenvalue weighted by atomic mass is 10.1. The van der Waals surface area contributed by atoms with Gasteiger partial charge in [-0.25, -0.2) is 0 Å². The number of imide groups is 1. The van der Waals surface area contributed by atoms with Gasteiger partial charge in [-0.3, -0.25) is 19.3 Å². The Kier molecular flexibility index (Phi) is 6.93. The van der Waals surface area contributed by atoms with Gasteiger partial charge in [0.2, 0.25) is 12.7 Å². The van der Waals surface area contributed by atoms with Gasteiger partial charge in [-0.2, -0.15) is 0 Å². The molecule has 7 nitrogen and oxygen atoms in total. The first-order valence-corrected chi connectivity index (χ1v) is 11.3. The fourth-order valence-corrected chi connectivity index (χ4v) is 4.43. The van der Waals surface area contributed by atoms with Gasteiger partial charge in [0.15, 0.2) is 11.5 Å². The smallest absolute Gasteiger partial charge is 0.293 e. The van der Waals surface area contributed by atoms with Gasteiger partial charge in [-0.1, -0.05) is 41.4 Å². The average molecular weight is 493 g/mol. The Bertz CT molecular complexity index is 1120. The molecule has 0 aromatic heterocycles. The Morgan fingerprint density at radius 2 is 1.97 bits per heavy atom. The molecule has 1 fully saturated rings. The van der Waals surface area contributed by atoms with Crippen molar-refractivity contribution in [3.05, 3.63) is 62.5 Å². The van der Waals surface area contributed by atoms with Crippen molar-refractivity contribution in [1.82, 2.24) is 10.2 Å². The molecule has 0 saturated carbocycles. The molecule has 0 unspecified atom stereocenters. The van der Waals surface area contributed by atoms with Crippen molar-refractivity contribution in [3.63, 3.8) is 0 Å². The maximum atomic E-state index is 12.6. The number of amides is 3. The van der Waals surface area contributed by atoms with Crippen molar-refractivity contribution in [2.45, 2.75) is 12.8 Å². The second-order valence-corrected chi connectivity index (χ2v) is 8.79. The number of benzene rings is 2. The summed E-state index contributed by atoms with van der Waals surface area (Å²) in [6.45, 7) is 0.457. The number of thioether (sulfide) groups is 1. The highest BCUT2D eigenvalue weighted by Crippen LogP contribution is 2.35. The van der Waals surface area contributed by atoms with E-state index in [9.17, 15) is 14.4 Å². The third-order valence-electron chi connectivity index (χ3n) is 4.88. The SMILES string of the molecule is O=C(CCc1ccc2c(c1)OCO2)NCCN1C(=O)SC(=Cc2cccc(Cl)c2Cl)C1=O. The van der Waals surface area contributed by atoms with Crippen LogP contribution in [-0.2, 0) is 16.0 Å². The molecule has 0 aliphatic carbocycles. The van der Waals surface area contributed by atoms with Gasteiger partial charge in [0.1, 0.15) is 0 Å². The largest absolute Gasteiger partial charge is 0.454 e. The van der Waals surface area contributed by atoms with Gasteiger partial charge in [0.25, 0.3) is 11.1 Å². The van der Waals surface area contributed by atoms with Crippen LogP contribution in [-0.4, -0.2) is 41.8 Å². The van der Waals surface area contributed by atoms with Crippen LogP contribution in [0.5, 0.6) is 11.5 Å². The first kappa shape index (κ1) is 22.5. The molecular weight excluding hydrogens is 475 g/mol. The van der Waals surface area contributed by atoms with Gasteiger partial charge < -0.3 is 14.8 Å². The molecule has 0 atom stereocenters. The van der Waals surface area contributed by atoms with Gasteiger partial charge in [-0.05, 0) is 53.6 Å². The molecule has 2 aliphatic heterocycles. The second kappa shape index (κ2) is 9.85. The summed E-state index contributed by atoms with van der Waals surface area (Å²) in [6, 6.07) is 10.6. The molecule has 1 N–H and O–H groups in total. The number of ether oxygens (including phenoxy) is 2. The summed E-state index contributed by atoms with van der Waals surface area (Å²) < 4.78 is 10.6. The molecule has 10 heteroatoms. The summed E-state index contributed by atoms with van der Waals surface area (Å²) in [7, 11) is 0. The molecule has 0 radical (unpaired) electrons. The number of halogens is 2. The Hall–Kier alpha value is -2.68. The van der Waals surface area contributed by atoms with Crippen LogP contribution in [0.2, 0.25) is 10.0 Å². The maximum Gasteiger partial charge on any atom is 0.293 e. The Morgan fingerprint density at radius 3 is 2.81 bits per heavy atom. The van der Waals surface area contributed by atoms with Crippen LogP contribution in [0.3, 0.4) is 0 Å². The van der Waals surface area contributed by atoms with Crippen molar-refractivity contribution < 1.29 is 23.9 Å². The van der Waals surface area contributed by atoms with E-state index >= 15 is 0 Å². The number of hydrogen-bond donors (Lipinski definition) is 1. The molecule has 0 spiro atoms. The summed E-state index contributed by atoms with van der Waals surface area (Å²) in [5.41, 5.74) is 1.52. The first-order valence-electron chi connectivity index (χ1n) is 9.77. The van der Waals surface area contributed by atoms with E-state index in [1.165, 1.54) is 0 Å². The lowest BCUT2D eigenvalue weighted by Crippen LogP contribution is -2.37. The first-order chi connectivity index (χ1) is 15.4. The molecule has 2 aromatic rings. The number of aryl methyl sites for hydroxylation is 1. The highest BCUT2D eigenvalue weighted by Gasteiger charge is 2.34. The zero-order valence-corrected chi connectivity index (χ0v) is 19.1. The lowest BCUT2D eigenvalue weighted by Gasteiger charge is -2.13. The molecule has 0 bridgehead atoms. The summed E-state index contributed by atoms with van der Waals surface area (Å²) in [5, 5.41) is 3.03. The van der Waals surface area contributed by atoms with Crippen LogP contribution in [0.25, 0.3) is 6.08 Å². The van der Waals surface area contributed by atoms with E-state index in [4.69, 9.17) is 32.7 Å². The highest BCUT2D eigenvalue weighted by atomic mass is 35.5. The molecule has 3 amide bonds. The summed E-state index contributed by atoms with van der Waals surface area (Å²) >= 11 is 13.0. The average Bonchev–Trinajstić information content (AvgIpc) is 3.34. The van der Waals surface area contributed by atoms with E-state index in [-0.39, 0.29) is 37.1 Å². The van der Waals surface area contributed by atoms with E-state index < -0.39 is 11.1 Å². The summed E-state index contributed by atoms with van der Waals surface area (Å²) in [5.74, 6) is 0.776. The lowest BCUT2D eigenvalue weighted by molar-refractivity contribution is -0.124. The van der Waals surface area contributed by atoms with E-state index in [1.54, 1.807) is 24.3 Å². The Morgan fingerprint density at radius 1 is 1.16 bits per heavy atom. The van der Waals surface area contributed by atoms with E-state index in [0.29, 0.717) is 33.5 Å². The van der Waals surface area contributed by atoms with Crippen LogP contribution in [0, 0.1) is 0 Å². The van der Waals surface area contributed by atoms with E-state index in [0.717, 1.165) is 22.2 Å². The van der Waals surface area contributed by atoms with Crippen LogP contribution < -0.4 is 14.8 Å². The maximum absolute atomic E-state index is 12.6. The van der Waals surface area contributed by atoms with Crippen LogP contribution in [0.15, 0.2) is 41.3 Å². The molecule has 2 aromatic carbocycles. The quantitative estimate of drug-likeness (QED) is 0.572. The van der Waals surface area contributed by atoms with Crippen LogP contribution in [0.4, 0.5) is 4.79 Å². The monoisotopic (exact) mass is 492 g/mol. The number of hydrogen-bond acceptors (Lipinski definition) is 6. The topological polar surface area (TPSA) is 84.9 Å². The molecule has 32 heavy (non-hydrogen) atoms. The van der Waals surface area contributed by atoms with Crippen molar-refractivity contribution in [2.24, 2.45) is 0 Å². The predicted molar refractivity (Wildman–Crippen MR) is 123 cm³/mol. The number of nitrogens with one attached hydrogen (secondary N) is 1. The number of rotatable bonds is 7. The van der Waals surface area contributed by atoms with E-state index in [2.05, 4.69) is 5.32 Å². The summed E-state index contributed by atoms with van der Waals surface area (Å²) in [4.78, 5) is 38.4. The molecule has 4 rings (SSSR count). The number of carbonyl (C=O) groups excluding carboxylic acids is 3. The Balaban J connectivity index is 1.27. The normalized spacial score (nSPS) is 16.2. The fourth-order valence-electron chi connectivity index (χ4n) is 3.22. The minimum Gasteiger partial charge on any atom is -0.454 e. The van der Waals surface area contributed by atoms with Crippen molar-refractivity contribution in [2.75, 3.05) is 19.9 Å². The Labute approximate surface area is 198 Å². The second-order valence-electron chi connectivity index (χ2n) is 7.01. The number of carbonyl (C=O) groups is 3. The van der Waals surface area contributed by atoms with Gasteiger partial charge in [0, 0.05) is 19.5 Å². The van der Waals surface area contributed by atoms with Gasteiger partial charge in [-0.15, -0.1) is 0 Å². The molecule has 166 valence electrons. The van der Waals surface area contributed by atoms with Crippen LogP contribution >= 0.6 is 35.0 Å². The molecule has 2 aliphatic rings. The summed E-state index contributed by atoms with van der Waals surface area (Å²) in [6.07, 6.45) is 2.35. The predicted octanol–water partition coefficient (Wildman–Crippen LogP) is 4.51. The molecule has 1 saturated heterocycles. The van der Waals surface area contributed by atoms with Crippen molar-refractivity contribution >= 4 is 58.1 Å². The minimum atomic E-state index is -0.425. The minimum absolute atomic E-state index is 0.0844.